The standard InChI is InChI=1S/C10H14BN7O3S/c11-6-3-7(20-5-6)4-15-9(12)8-10(18-21-17-8)14-1-2-16-22(13)19/h3,5,16H,1-2,4,13H2,(H2,12,15)(H,14,18). The summed E-state index contributed by atoms with van der Waals surface area (Å²) in [5, 5.41) is 15.3. The van der Waals surface area contributed by atoms with E-state index < -0.39 is 11.5 Å². The number of nitrogens with one attached hydrogen (secondary N) is 2. The second-order valence-electron chi connectivity index (χ2n) is 4.13. The van der Waals surface area contributed by atoms with E-state index in [1.54, 1.807) is 6.07 Å². The first kappa shape index (κ1) is 16.4. The summed E-state index contributed by atoms with van der Waals surface area (Å²) in [5.41, 5.74) is 6.62. The van der Waals surface area contributed by atoms with E-state index >= 15 is 0 Å². The lowest BCUT2D eigenvalue weighted by Gasteiger charge is -2.05. The molecular weight excluding hydrogens is 309 g/mol. The minimum absolute atomic E-state index is 0.133. The lowest BCUT2D eigenvalue weighted by Crippen LogP contribution is -2.34. The summed E-state index contributed by atoms with van der Waals surface area (Å²) < 4.78 is 23.0. The van der Waals surface area contributed by atoms with E-state index in [4.69, 9.17) is 23.1 Å². The zero-order valence-corrected chi connectivity index (χ0v) is 12.3. The van der Waals surface area contributed by atoms with Crippen LogP contribution in [0.15, 0.2) is 26.4 Å². The Balaban J connectivity index is 1.92. The number of furan rings is 1. The first-order valence-electron chi connectivity index (χ1n) is 6.15. The Kier molecular flexibility index (Phi) is 5.83. The Hall–Kier alpha value is -2.02. The van der Waals surface area contributed by atoms with Crippen molar-refractivity contribution in [1.82, 2.24) is 15.0 Å². The molecule has 0 aromatic carbocycles. The highest BCUT2D eigenvalue weighted by Gasteiger charge is 2.13. The van der Waals surface area contributed by atoms with Crippen molar-refractivity contribution in [3.63, 3.8) is 0 Å². The zero-order chi connectivity index (χ0) is 15.9. The van der Waals surface area contributed by atoms with Crippen LogP contribution in [0.1, 0.15) is 11.5 Å². The molecule has 2 rings (SSSR count). The van der Waals surface area contributed by atoms with Crippen molar-refractivity contribution in [3.05, 3.63) is 23.8 Å². The third-order valence-corrected chi connectivity index (χ3v) is 2.96. The highest BCUT2D eigenvalue weighted by molar-refractivity contribution is 7.87. The third kappa shape index (κ3) is 4.77. The first-order chi connectivity index (χ1) is 10.6. The lowest BCUT2D eigenvalue weighted by atomic mass is 10.0. The van der Waals surface area contributed by atoms with Crippen molar-refractivity contribution >= 4 is 36.5 Å². The van der Waals surface area contributed by atoms with Gasteiger partial charge in [-0.2, -0.15) is 0 Å². The van der Waals surface area contributed by atoms with Crippen LogP contribution in [0.2, 0.25) is 0 Å². The van der Waals surface area contributed by atoms with Crippen molar-refractivity contribution in [3.8, 4) is 0 Å². The summed E-state index contributed by atoms with van der Waals surface area (Å²) in [4.78, 5) is 4.13. The summed E-state index contributed by atoms with van der Waals surface area (Å²) in [6.45, 7) is 0.966. The lowest BCUT2D eigenvalue weighted by molar-refractivity contribution is 0.307. The van der Waals surface area contributed by atoms with Gasteiger partial charge < -0.3 is 20.0 Å². The van der Waals surface area contributed by atoms with E-state index in [-0.39, 0.29) is 18.1 Å². The molecule has 0 fully saturated rings. The Morgan fingerprint density at radius 1 is 1.45 bits per heavy atom. The molecule has 0 bridgehead atoms. The quantitative estimate of drug-likeness (QED) is 0.140. The minimum atomic E-state index is -1.57. The van der Waals surface area contributed by atoms with Crippen LogP contribution in [0, 0.1) is 0 Å². The van der Waals surface area contributed by atoms with Crippen LogP contribution in [0.5, 0.6) is 0 Å². The second-order valence-corrected chi connectivity index (χ2v) is 5.01. The molecule has 0 saturated carbocycles. The van der Waals surface area contributed by atoms with Gasteiger partial charge in [-0.3, -0.25) is 4.99 Å². The number of hydrogen-bond acceptors (Lipinski definition) is 9. The molecule has 1 unspecified atom stereocenters. The number of amidine groups is 1. The molecule has 12 heteroatoms. The van der Waals surface area contributed by atoms with Crippen molar-refractivity contribution in [2.24, 2.45) is 15.9 Å². The normalized spacial score (nSPS) is 13.3. The van der Waals surface area contributed by atoms with Gasteiger partial charge in [0.05, 0.1) is 19.4 Å². The summed E-state index contributed by atoms with van der Waals surface area (Å²) >= 11 is -1.57. The molecule has 2 aromatic rings. The number of aliphatic imine (C=N–C) groups is 1. The molecule has 22 heavy (non-hydrogen) atoms. The molecule has 1 atom stereocenters. The molecule has 0 amide bonds. The van der Waals surface area contributed by atoms with Gasteiger partial charge in [0.25, 0.3) is 0 Å². The molecular formula is C10H14BN7O3S. The van der Waals surface area contributed by atoms with E-state index in [9.17, 15) is 4.55 Å². The highest BCUT2D eigenvalue weighted by Crippen LogP contribution is 2.09. The molecule has 0 aliphatic rings. The molecule has 2 heterocycles. The van der Waals surface area contributed by atoms with E-state index in [2.05, 4.69) is 30.0 Å². The molecule has 10 nitrogen and oxygen atoms in total. The summed E-state index contributed by atoms with van der Waals surface area (Å²) in [6.07, 6.45) is 1.42. The van der Waals surface area contributed by atoms with Gasteiger partial charge in [0.15, 0.2) is 11.5 Å². The number of rotatable bonds is 8. The topological polar surface area (TPSA) is 164 Å². The highest BCUT2D eigenvalue weighted by atomic mass is 32.2. The Morgan fingerprint density at radius 2 is 2.27 bits per heavy atom. The SMILES string of the molecule is [B]c1coc(CN=C(N)c2nonc2NCCN[S+](N)[O-])c1. The van der Waals surface area contributed by atoms with Gasteiger partial charge in [0.2, 0.25) is 5.82 Å². The smallest absolute Gasteiger partial charge is 0.202 e. The maximum atomic E-state index is 10.6. The van der Waals surface area contributed by atoms with Crippen molar-refractivity contribution in [2.45, 2.75) is 6.54 Å². The van der Waals surface area contributed by atoms with Gasteiger partial charge in [-0.15, -0.1) is 9.86 Å². The van der Waals surface area contributed by atoms with Gasteiger partial charge in [0.1, 0.15) is 25.2 Å². The average Bonchev–Trinajstić information content (AvgIpc) is 3.09. The van der Waals surface area contributed by atoms with Gasteiger partial charge in [-0.25, -0.2) is 4.63 Å². The Bertz CT molecular complexity index is 630. The monoisotopic (exact) mass is 323 g/mol. The largest absolute Gasteiger partial charge is 0.579 e. The molecule has 0 aliphatic heterocycles. The third-order valence-electron chi connectivity index (χ3n) is 2.47. The van der Waals surface area contributed by atoms with Crippen molar-refractivity contribution < 1.29 is 13.6 Å². The Labute approximate surface area is 130 Å². The molecule has 0 spiro atoms. The van der Waals surface area contributed by atoms with Crippen molar-refractivity contribution in [1.29, 1.82) is 0 Å². The number of anilines is 1. The number of nitrogens with two attached hydrogens (primary N) is 2. The van der Waals surface area contributed by atoms with Crippen LogP contribution in [0.3, 0.4) is 0 Å². The predicted molar refractivity (Wildman–Crippen MR) is 81.6 cm³/mol. The first-order valence-corrected chi connectivity index (χ1v) is 7.37. The van der Waals surface area contributed by atoms with Gasteiger partial charge >= 0.3 is 0 Å². The maximum Gasteiger partial charge on any atom is 0.202 e. The van der Waals surface area contributed by atoms with Crippen molar-refractivity contribution in [2.75, 3.05) is 18.4 Å². The van der Waals surface area contributed by atoms with Crippen LogP contribution < -0.4 is 26.4 Å². The number of nitrogens with zero attached hydrogens (tertiary/aromatic N) is 3. The summed E-state index contributed by atoms with van der Waals surface area (Å²) in [6, 6.07) is 1.65. The molecule has 0 saturated heterocycles. The molecule has 116 valence electrons. The number of hydrogen-bond donors (Lipinski definition) is 4. The average molecular weight is 323 g/mol. The summed E-state index contributed by atoms with van der Waals surface area (Å²) in [7, 11) is 5.54. The maximum absolute atomic E-state index is 10.6. The van der Waals surface area contributed by atoms with Gasteiger partial charge in [-0.1, -0.05) is 5.46 Å². The van der Waals surface area contributed by atoms with E-state index in [1.807, 2.05) is 0 Å². The zero-order valence-electron chi connectivity index (χ0n) is 11.5. The summed E-state index contributed by atoms with van der Waals surface area (Å²) in [5.74, 6) is 1.03. The van der Waals surface area contributed by atoms with Crippen LogP contribution in [0.4, 0.5) is 5.82 Å². The van der Waals surface area contributed by atoms with E-state index in [0.717, 1.165) is 0 Å². The fourth-order valence-electron chi connectivity index (χ4n) is 1.52. The van der Waals surface area contributed by atoms with Crippen LogP contribution in [-0.2, 0) is 18.1 Å². The fraction of sp³-hybridized carbons (Fsp3) is 0.300. The van der Waals surface area contributed by atoms with Crippen LogP contribution in [-0.4, -0.2) is 41.6 Å². The Morgan fingerprint density at radius 3 is 2.95 bits per heavy atom. The predicted octanol–water partition coefficient (Wildman–Crippen LogP) is -2.10. The molecule has 2 aromatic heterocycles. The molecule has 0 aliphatic carbocycles. The second kappa shape index (κ2) is 7.84. The van der Waals surface area contributed by atoms with Gasteiger partial charge in [0, 0.05) is 6.54 Å². The number of aromatic nitrogens is 2. The van der Waals surface area contributed by atoms with E-state index in [0.29, 0.717) is 30.1 Å². The van der Waals surface area contributed by atoms with E-state index in [1.165, 1.54) is 6.26 Å². The minimum Gasteiger partial charge on any atom is -0.579 e. The van der Waals surface area contributed by atoms with Crippen LogP contribution >= 0.6 is 0 Å². The van der Waals surface area contributed by atoms with Crippen LogP contribution in [0.25, 0.3) is 0 Å². The van der Waals surface area contributed by atoms with Gasteiger partial charge in [-0.05, 0) is 16.4 Å². The fourth-order valence-corrected chi connectivity index (χ4v) is 1.83. The molecule has 2 radical (unpaired) electrons. The molecule has 6 N–H and O–H groups in total.